The van der Waals surface area contributed by atoms with Crippen LogP contribution in [0.5, 0.6) is 5.75 Å². The lowest BCUT2D eigenvalue weighted by Gasteiger charge is -2.25. The summed E-state index contributed by atoms with van der Waals surface area (Å²) in [6.07, 6.45) is -4.57. The van der Waals surface area contributed by atoms with E-state index >= 15 is 0 Å². The molecule has 170 valence electrons. The van der Waals surface area contributed by atoms with Gasteiger partial charge >= 0.3 is 6.18 Å². The molecule has 1 heterocycles. The maximum atomic E-state index is 13.2. The zero-order chi connectivity index (χ0) is 23.6. The van der Waals surface area contributed by atoms with E-state index in [0.717, 1.165) is 4.90 Å². The minimum absolute atomic E-state index is 0.00309. The van der Waals surface area contributed by atoms with E-state index in [1.807, 2.05) is 6.07 Å². The van der Waals surface area contributed by atoms with E-state index in [2.05, 4.69) is 0 Å². The molecule has 0 radical (unpaired) electrons. The monoisotopic (exact) mass is 448 g/mol. The van der Waals surface area contributed by atoms with Crippen molar-refractivity contribution in [3.05, 3.63) is 64.0 Å². The molecule has 0 aliphatic heterocycles. The van der Waals surface area contributed by atoms with Gasteiger partial charge in [-0.15, -0.1) is 0 Å². The van der Waals surface area contributed by atoms with E-state index in [9.17, 15) is 27.9 Å². The van der Waals surface area contributed by atoms with Crippen molar-refractivity contribution in [1.29, 1.82) is 0 Å². The average molecular weight is 448 g/mol. The molecule has 0 saturated heterocycles. The molecule has 0 fully saturated rings. The number of likely N-dealkylation sites (N-methyl/N-ethyl adjacent to an activating group) is 1. The number of aromatic hydroxyl groups is 1. The van der Waals surface area contributed by atoms with Crippen molar-refractivity contribution in [2.45, 2.75) is 19.6 Å². The van der Waals surface area contributed by atoms with Gasteiger partial charge in [0.1, 0.15) is 17.1 Å². The van der Waals surface area contributed by atoms with Crippen molar-refractivity contribution in [1.82, 2.24) is 9.80 Å². The van der Waals surface area contributed by atoms with E-state index < -0.39 is 31.7 Å². The van der Waals surface area contributed by atoms with Crippen molar-refractivity contribution in [2.75, 3.05) is 27.2 Å². The fourth-order valence-corrected chi connectivity index (χ4v) is 3.48. The molecule has 1 N–H and O–H groups in total. The zero-order valence-electron chi connectivity index (χ0n) is 17.9. The highest BCUT2D eigenvalue weighted by atomic mass is 19.4. The number of phenols is 1. The Hall–Kier alpha value is -3.33. The summed E-state index contributed by atoms with van der Waals surface area (Å²) < 4.78 is 45.3. The van der Waals surface area contributed by atoms with Crippen LogP contribution in [0, 0.1) is 6.92 Å². The van der Waals surface area contributed by atoms with E-state index in [0.29, 0.717) is 11.1 Å². The second kappa shape index (κ2) is 9.04. The molecule has 1 amide bonds. The lowest BCUT2D eigenvalue weighted by Crippen LogP contribution is -2.41. The maximum Gasteiger partial charge on any atom is 0.401 e. The van der Waals surface area contributed by atoms with Crippen LogP contribution in [0.3, 0.4) is 0 Å². The topological polar surface area (TPSA) is 74.0 Å². The Bertz CT molecular complexity index is 1190. The predicted molar refractivity (Wildman–Crippen MR) is 114 cm³/mol. The number of fused-ring (bicyclic) bond motifs is 1. The van der Waals surface area contributed by atoms with E-state index in [-0.39, 0.29) is 33.5 Å². The van der Waals surface area contributed by atoms with Crippen LogP contribution in [-0.2, 0) is 11.3 Å². The average Bonchev–Trinajstić information content (AvgIpc) is 2.69. The largest absolute Gasteiger partial charge is 0.507 e. The number of hydrogen-bond donors (Lipinski definition) is 1. The van der Waals surface area contributed by atoms with Crippen LogP contribution in [0.4, 0.5) is 13.2 Å². The smallest absolute Gasteiger partial charge is 0.401 e. The lowest BCUT2D eigenvalue weighted by atomic mass is 10.0. The van der Waals surface area contributed by atoms with Crippen LogP contribution in [0.2, 0.25) is 0 Å². The number of amides is 1. The number of aryl methyl sites for hydroxylation is 1. The summed E-state index contributed by atoms with van der Waals surface area (Å²) >= 11 is 0. The Morgan fingerprint density at radius 1 is 1.09 bits per heavy atom. The molecule has 1 aromatic heterocycles. The van der Waals surface area contributed by atoms with Gasteiger partial charge in [-0.25, -0.2) is 0 Å². The highest BCUT2D eigenvalue weighted by molar-refractivity contribution is 5.86. The molecule has 0 bridgehead atoms. The molecular formula is C23H23F3N2O4. The Balaban J connectivity index is 2.12. The minimum atomic E-state index is -4.57. The molecule has 0 atom stereocenters. The number of benzene rings is 2. The van der Waals surface area contributed by atoms with E-state index in [4.69, 9.17) is 4.42 Å². The number of alkyl halides is 3. The number of halogens is 3. The zero-order valence-corrected chi connectivity index (χ0v) is 17.9. The molecule has 0 aliphatic carbocycles. The fourth-order valence-electron chi connectivity index (χ4n) is 3.48. The van der Waals surface area contributed by atoms with Gasteiger partial charge in [0.2, 0.25) is 11.3 Å². The first-order valence-electron chi connectivity index (χ1n) is 9.81. The van der Waals surface area contributed by atoms with Crippen LogP contribution in [-0.4, -0.2) is 54.2 Å². The molecule has 0 unspecified atom stereocenters. The molecule has 9 heteroatoms. The molecule has 0 saturated carbocycles. The summed E-state index contributed by atoms with van der Waals surface area (Å²) in [5.74, 6) is -0.581. The number of carbonyl (C=O) groups excluding carboxylic acids is 1. The van der Waals surface area contributed by atoms with Gasteiger partial charge in [-0.3, -0.25) is 14.5 Å². The first-order valence-corrected chi connectivity index (χ1v) is 9.81. The van der Waals surface area contributed by atoms with Crippen molar-refractivity contribution < 1.29 is 27.5 Å². The van der Waals surface area contributed by atoms with Gasteiger partial charge in [0.15, 0.2) is 0 Å². The molecule has 3 aromatic rings. The molecule has 32 heavy (non-hydrogen) atoms. The number of nitrogens with zero attached hydrogens (tertiary/aromatic N) is 2. The van der Waals surface area contributed by atoms with E-state index in [1.165, 1.54) is 31.1 Å². The van der Waals surface area contributed by atoms with E-state index in [1.54, 1.807) is 31.2 Å². The minimum Gasteiger partial charge on any atom is -0.507 e. The van der Waals surface area contributed by atoms with Crippen molar-refractivity contribution in [3.8, 4) is 16.9 Å². The number of hydrogen-bond acceptors (Lipinski definition) is 5. The van der Waals surface area contributed by atoms with Crippen molar-refractivity contribution in [3.63, 3.8) is 0 Å². The Morgan fingerprint density at radius 2 is 1.75 bits per heavy atom. The molecule has 0 aliphatic rings. The van der Waals surface area contributed by atoms with Crippen LogP contribution in [0.1, 0.15) is 11.3 Å². The summed E-state index contributed by atoms with van der Waals surface area (Å²) in [6, 6.07) is 11.5. The molecule has 6 nitrogen and oxygen atoms in total. The molecule has 0 spiro atoms. The molecular weight excluding hydrogens is 425 g/mol. The summed E-state index contributed by atoms with van der Waals surface area (Å²) in [5, 5.41) is 10.5. The van der Waals surface area contributed by atoms with Gasteiger partial charge < -0.3 is 14.4 Å². The first-order chi connectivity index (χ1) is 15.0. The van der Waals surface area contributed by atoms with Crippen LogP contribution in [0.25, 0.3) is 22.1 Å². The summed E-state index contributed by atoms with van der Waals surface area (Å²) in [4.78, 5) is 27.3. The predicted octanol–water partition coefficient (Wildman–Crippen LogP) is 3.93. The third-order valence-corrected chi connectivity index (χ3v) is 5.02. The third-order valence-electron chi connectivity index (χ3n) is 5.02. The van der Waals surface area contributed by atoms with Gasteiger partial charge in [-0.2, -0.15) is 13.2 Å². The van der Waals surface area contributed by atoms with Gasteiger partial charge in [-0.05, 0) is 24.6 Å². The van der Waals surface area contributed by atoms with Crippen LogP contribution in [0.15, 0.2) is 51.7 Å². The highest BCUT2D eigenvalue weighted by Gasteiger charge is 2.33. The normalized spacial score (nSPS) is 11.8. The number of phenolic OH excluding ortho intramolecular Hbond substituents is 1. The Kier molecular flexibility index (Phi) is 6.59. The second-order valence-electron chi connectivity index (χ2n) is 7.72. The van der Waals surface area contributed by atoms with Crippen molar-refractivity contribution >= 4 is 16.9 Å². The van der Waals surface area contributed by atoms with Crippen molar-refractivity contribution in [2.24, 2.45) is 0 Å². The Morgan fingerprint density at radius 3 is 2.34 bits per heavy atom. The lowest BCUT2D eigenvalue weighted by molar-refractivity contribution is -0.152. The first kappa shape index (κ1) is 23.3. The Labute approximate surface area is 182 Å². The maximum absolute atomic E-state index is 13.2. The van der Waals surface area contributed by atoms with Crippen LogP contribution >= 0.6 is 0 Å². The van der Waals surface area contributed by atoms with Gasteiger partial charge in [-0.1, -0.05) is 30.3 Å². The quantitative estimate of drug-likeness (QED) is 0.619. The third kappa shape index (κ3) is 5.11. The standard InChI is InChI=1S/C23H23F3N2O4/c1-14-20(15-7-5-4-6-8-15)21(31)16-9-10-18(29)17(22(16)32-14)11-28(13-23(24,25)26)12-19(30)27(2)3/h4-10,29H,11-13H2,1-3H3. The van der Waals surface area contributed by atoms with Crippen LogP contribution < -0.4 is 5.43 Å². The van der Waals surface area contributed by atoms with Gasteiger partial charge in [0.25, 0.3) is 0 Å². The summed E-state index contributed by atoms with van der Waals surface area (Å²) in [7, 11) is 2.88. The second-order valence-corrected chi connectivity index (χ2v) is 7.72. The van der Waals surface area contributed by atoms with Gasteiger partial charge in [0.05, 0.1) is 29.6 Å². The van der Waals surface area contributed by atoms with Gasteiger partial charge in [0, 0.05) is 20.6 Å². The highest BCUT2D eigenvalue weighted by Crippen LogP contribution is 2.31. The molecule has 3 rings (SSSR count). The SMILES string of the molecule is Cc1oc2c(CN(CC(=O)N(C)C)CC(F)(F)F)c(O)ccc2c(=O)c1-c1ccccc1. The summed E-state index contributed by atoms with van der Waals surface area (Å²) in [5.41, 5.74) is 0.632. The number of carbonyl (C=O) groups is 1. The number of rotatable bonds is 6. The fraction of sp³-hybridized carbons (Fsp3) is 0.304. The summed E-state index contributed by atoms with van der Waals surface area (Å²) in [6.45, 7) is -0.739. The molecule has 2 aromatic carbocycles.